The normalized spacial score (nSPS) is 10.8. The molecule has 0 saturated carbocycles. The molecule has 0 heterocycles. The zero-order valence-electron chi connectivity index (χ0n) is 10.3. The third-order valence-electron chi connectivity index (χ3n) is 2.97. The predicted octanol–water partition coefficient (Wildman–Crippen LogP) is 4.18. The highest BCUT2D eigenvalue weighted by Crippen LogP contribution is 2.22. The Bertz CT molecular complexity index is 513. The van der Waals surface area contributed by atoms with Gasteiger partial charge in [0.2, 0.25) is 0 Å². The summed E-state index contributed by atoms with van der Waals surface area (Å²) in [7, 11) is 0. The third-order valence-corrected chi connectivity index (χ3v) is 3.46. The maximum atomic E-state index is 8.70. The summed E-state index contributed by atoms with van der Waals surface area (Å²) < 4.78 is 1.11. The van der Waals surface area contributed by atoms with Gasteiger partial charge in [-0.1, -0.05) is 28.1 Å². The molecule has 0 saturated heterocycles. The molecule has 0 radical (unpaired) electrons. The molecule has 0 aliphatic heterocycles. The first kappa shape index (κ1) is 13.4. The molecule has 0 amide bonds. The molecular formula is C15H18BrNO. The van der Waals surface area contributed by atoms with Gasteiger partial charge in [-0.25, -0.2) is 0 Å². The van der Waals surface area contributed by atoms with Crippen LogP contribution in [0.3, 0.4) is 0 Å². The Morgan fingerprint density at radius 2 is 1.72 bits per heavy atom. The smallest absolute Gasteiger partial charge is 0.0431 e. The van der Waals surface area contributed by atoms with Crippen molar-refractivity contribution in [2.24, 2.45) is 0 Å². The number of anilines is 1. The molecule has 2 N–H and O–H groups in total. The summed E-state index contributed by atoms with van der Waals surface area (Å²) in [4.78, 5) is 0. The fraction of sp³-hybridized carbons (Fsp3) is 0.333. The lowest BCUT2D eigenvalue weighted by atomic mass is 10.1. The van der Waals surface area contributed by atoms with Crippen LogP contribution in [-0.4, -0.2) is 18.3 Å². The number of hydrogen-bond donors (Lipinski definition) is 2. The van der Waals surface area contributed by atoms with E-state index < -0.39 is 0 Å². The first-order chi connectivity index (χ1) is 8.79. The van der Waals surface area contributed by atoms with Gasteiger partial charge in [0.15, 0.2) is 0 Å². The van der Waals surface area contributed by atoms with Crippen LogP contribution in [-0.2, 0) is 0 Å². The van der Waals surface area contributed by atoms with E-state index >= 15 is 0 Å². The lowest BCUT2D eigenvalue weighted by molar-refractivity contribution is 0.283. The van der Waals surface area contributed by atoms with Crippen LogP contribution >= 0.6 is 15.9 Å². The van der Waals surface area contributed by atoms with Gasteiger partial charge in [-0.2, -0.15) is 0 Å². The number of hydrogen-bond acceptors (Lipinski definition) is 2. The number of aliphatic hydroxyl groups is 1. The molecule has 0 aliphatic rings. The Labute approximate surface area is 116 Å². The molecule has 2 aromatic rings. The van der Waals surface area contributed by atoms with Crippen LogP contribution < -0.4 is 5.32 Å². The van der Waals surface area contributed by atoms with Crippen molar-refractivity contribution in [1.29, 1.82) is 0 Å². The summed E-state index contributed by atoms with van der Waals surface area (Å²) in [6, 6.07) is 12.7. The monoisotopic (exact) mass is 307 g/mol. The summed E-state index contributed by atoms with van der Waals surface area (Å²) >= 11 is 3.48. The molecule has 96 valence electrons. The Balaban J connectivity index is 1.95. The van der Waals surface area contributed by atoms with Gasteiger partial charge in [0.1, 0.15) is 0 Å². The quantitative estimate of drug-likeness (QED) is 0.785. The van der Waals surface area contributed by atoms with Crippen LogP contribution in [0.15, 0.2) is 40.9 Å². The van der Waals surface area contributed by atoms with Gasteiger partial charge in [0.05, 0.1) is 0 Å². The molecule has 0 atom stereocenters. The minimum Gasteiger partial charge on any atom is -0.396 e. The minimum atomic E-state index is 0.296. The Kier molecular flexibility index (Phi) is 5.02. The Morgan fingerprint density at radius 3 is 2.56 bits per heavy atom. The Morgan fingerprint density at radius 1 is 0.944 bits per heavy atom. The van der Waals surface area contributed by atoms with Crippen LogP contribution in [0.5, 0.6) is 0 Å². The van der Waals surface area contributed by atoms with Crippen molar-refractivity contribution in [1.82, 2.24) is 0 Å². The average Bonchev–Trinajstić information content (AvgIpc) is 2.38. The molecule has 0 aliphatic carbocycles. The number of benzene rings is 2. The van der Waals surface area contributed by atoms with Crippen LogP contribution in [0.2, 0.25) is 0 Å². The number of aliphatic hydroxyl groups excluding tert-OH is 1. The number of nitrogens with one attached hydrogen (secondary N) is 1. The highest BCUT2D eigenvalue weighted by Gasteiger charge is 1.97. The van der Waals surface area contributed by atoms with Gasteiger partial charge in [0.25, 0.3) is 0 Å². The predicted molar refractivity (Wildman–Crippen MR) is 81.1 cm³/mol. The third kappa shape index (κ3) is 3.72. The number of halogens is 1. The van der Waals surface area contributed by atoms with Crippen LogP contribution in [0.4, 0.5) is 5.69 Å². The van der Waals surface area contributed by atoms with E-state index in [1.807, 2.05) is 0 Å². The fourth-order valence-electron chi connectivity index (χ4n) is 1.97. The molecule has 0 fully saturated rings. The summed E-state index contributed by atoms with van der Waals surface area (Å²) in [6.07, 6.45) is 3.07. The molecule has 18 heavy (non-hydrogen) atoms. The zero-order chi connectivity index (χ0) is 12.8. The lowest BCUT2D eigenvalue weighted by Crippen LogP contribution is -2.01. The van der Waals surface area contributed by atoms with Crippen molar-refractivity contribution in [3.05, 3.63) is 40.9 Å². The van der Waals surface area contributed by atoms with E-state index in [4.69, 9.17) is 5.11 Å². The zero-order valence-corrected chi connectivity index (χ0v) is 11.9. The van der Waals surface area contributed by atoms with E-state index in [1.54, 1.807) is 0 Å². The maximum absolute atomic E-state index is 8.70. The van der Waals surface area contributed by atoms with Gasteiger partial charge in [0, 0.05) is 23.3 Å². The van der Waals surface area contributed by atoms with E-state index in [0.717, 1.165) is 36.0 Å². The first-order valence-corrected chi connectivity index (χ1v) is 7.13. The van der Waals surface area contributed by atoms with Gasteiger partial charge in [-0.3, -0.25) is 0 Å². The largest absolute Gasteiger partial charge is 0.396 e. The SMILES string of the molecule is OCCCCCNc1ccc2cc(Br)ccc2c1. The van der Waals surface area contributed by atoms with Gasteiger partial charge >= 0.3 is 0 Å². The summed E-state index contributed by atoms with van der Waals surface area (Å²) in [5, 5.41) is 14.6. The van der Waals surface area contributed by atoms with Crippen molar-refractivity contribution >= 4 is 32.4 Å². The standard InChI is InChI=1S/C15H18BrNO/c16-14-6-4-13-11-15(7-5-12(13)10-14)17-8-2-1-3-9-18/h4-7,10-11,17-18H,1-3,8-9H2. The van der Waals surface area contributed by atoms with E-state index in [1.165, 1.54) is 10.8 Å². The first-order valence-electron chi connectivity index (χ1n) is 6.33. The van der Waals surface area contributed by atoms with E-state index in [2.05, 4.69) is 57.6 Å². The van der Waals surface area contributed by atoms with Gasteiger partial charge in [-0.05, 0) is 54.3 Å². The van der Waals surface area contributed by atoms with Crippen molar-refractivity contribution in [2.75, 3.05) is 18.5 Å². The van der Waals surface area contributed by atoms with E-state index in [-0.39, 0.29) is 0 Å². The fourth-order valence-corrected chi connectivity index (χ4v) is 2.35. The van der Waals surface area contributed by atoms with Crippen molar-refractivity contribution in [2.45, 2.75) is 19.3 Å². The molecule has 0 spiro atoms. The number of rotatable bonds is 6. The van der Waals surface area contributed by atoms with Crippen molar-refractivity contribution in [3.8, 4) is 0 Å². The van der Waals surface area contributed by atoms with Gasteiger partial charge in [-0.15, -0.1) is 0 Å². The highest BCUT2D eigenvalue weighted by molar-refractivity contribution is 9.10. The number of unbranched alkanes of at least 4 members (excludes halogenated alkanes) is 2. The Hall–Kier alpha value is -1.06. The van der Waals surface area contributed by atoms with E-state index in [9.17, 15) is 0 Å². The molecule has 2 rings (SSSR count). The second-order valence-electron chi connectivity index (χ2n) is 4.42. The molecule has 2 aromatic carbocycles. The van der Waals surface area contributed by atoms with Crippen LogP contribution in [0, 0.1) is 0 Å². The number of fused-ring (bicyclic) bond motifs is 1. The topological polar surface area (TPSA) is 32.3 Å². The van der Waals surface area contributed by atoms with E-state index in [0.29, 0.717) is 6.61 Å². The minimum absolute atomic E-state index is 0.296. The average molecular weight is 308 g/mol. The van der Waals surface area contributed by atoms with Gasteiger partial charge < -0.3 is 10.4 Å². The molecule has 2 nitrogen and oxygen atoms in total. The summed E-state index contributed by atoms with van der Waals surface area (Å²) in [5.74, 6) is 0. The molecule has 0 unspecified atom stereocenters. The maximum Gasteiger partial charge on any atom is 0.0431 e. The molecule has 0 bridgehead atoms. The summed E-state index contributed by atoms with van der Waals surface area (Å²) in [5.41, 5.74) is 1.16. The molecular weight excluding hydrogens is 290 g/mol. The summed E-state index contributed by atoms with van der Waals surface area (Å²) in [6.45, 7) is 1.26. The van der Waals surface area contributed by atoms with Crippen LogP contribution in [0.25, 0.3) is 10.8 Å². The second-order valence-corrected chi connectivity index (χ2v) is 5.33. The molecule has 0 aromatic heterocycles. The molecule has 3 heteroatoms. The lowest BCUT2D eigenvalue weighted by Gasteiger charge is -2.07. The van der Waals surface area contributed by atoms with Crippen LogP contribution in [0.1, 0.15) is 19.3 Å². The highest BCUT2D eigenvalue weighted by atomic mass is 79.9. The van der Waals surface area contributed by atoms with Crippen molar-refractivity contribution < 1.29 is 5.11 Å². The van der Waals surface area contributed by atoms with Crippen molar-refractivity contribution in [3.63, 3.8) is 0 Å². The second kappa shape index (κ2) is 6.76.